The van der Waals surface area contributed by atoms with Gasteiger partial charge >= 0.3 is 0 Å². The maximum Gasteiger partial charge on any atom is 0.119 e. The Morgan fingerprint density at radius 1 is 1.35 bits per heavy atom. The van der Waals surface area contributed by atoms with Crippen LogP contribution in [0.2, 0.25) is 0 Å². The normalized spacial score (nSPS) is 24.6. The summed E-state index contributed by atoms with van der Waals surface area (Å²) in [5, 5.41) is 0. The van der Waals surface area contributed by atoms with Crippen molar-refractivity contribution in [1.82, 2.24) is 0 Å². The Bertz CT molecular complexity index is 380. The van der Waals surface area contributed by atoms with Crippen molar-refractivity contribution in [3.63, 3.8) is 0 Å². The van der Waals surface area contributed by atoms with E-state index in [0.717, 1.165) is 16.6 Å². The van der Waals surface area contributed by atoms with Gasteiger partial charge in [-0.25, -0.2) is 0 Å². The van der Waals surface area contributed by atoms with Gasteiger partial charge in [-0.1, -0.05) is 28.8 Å². The number of halogens is 1. The van der Waals surface area contributed by atoms with E-state index in [4.69, 9.17) is 10.5 Å². The van der Waals surface area contributed by atoms with Crippen LogP contribution in [0.15, 0.2) is 22.7 Å². The highest BCUT2D eigenvalue weighted by Gasteiger charge is 2.22. The Kier molecular flexibility index (Phi) is 4.46. The first-order valence-electron chi connectivity index (χ1n) is 6.28. The Balaban J connectivity index is 2.11. The van der Waals surface area contributed by atoms with Gasteiger partial charge in [0, 0.05) is 10.5 Å². The summed E-state index contributed by atoms with van der Waals surface area (Å²) in [4.78, 5) is 0. The number of ether oxygens (including phenoxy) is 1. The molecule has 1 fully saturated rings. The quantitative estimate of drug-likeness (QED) is 0.926. The minimum Gasteiger partial charge on any atom is -0.497 e. The first kappa shape index (κ1) is 12.9. The fourth-order valence-electron chi connectivity index (χ4n) is 2.61. The molecule has 1 aromatic rings. The summed E-state index contributed by atoms with van der Waals surface area (Å²) < 4.78 is 6.44. The summed E-state index contributed by atoms with van der Waals surface area (Å²) in [5.74, 6) is 1.54. The first-order chi connectivity index (χ1) is 8.20. The molecule has 0 amide bonds. The standard InChI is InChI=1S/C14H20BrNO/c1-17-12-6-7-13(15)11(9-12)8-10-4-2-3-5-14(10)16/h6-7,9-10,14H,2-5,8,16H2,1H3. The second-order valence-electron chi connectivity index (χ2n) is 4.87. The second-order valence-corrected chi connectivity index (χ2v) is 5.72. The average molecular weight is 298 g/mol. The van der Waals surface area contributed by atoms with Crippen LogP contribution in [0.5, 0.6) is 5.75 Å². The van der Waals surface area contributed by atoms with Crippen LogP contribution in [-0.2, 0) is 6.42 Å². The summed E-state index contributed by atoms with van der Waals surface area (Å²) in [6, 6.07) is 6.52. The van der Waals surface area contributed by atoms with Crippen molar-refractivity contribution in [1.29, 1.82) is 0 Å². The number of hydrogen-bond donors (Lipinski definition) is 1. The van der Waals surface area contributed by atoms with E-state index in [-0.39, 0.29) is 0 Å². The van der Waals surface area contributed by atoms with Gasteiger partial charge in [0.1, 0.15) is 5.75 Å². The predicted molar refractivity (Wildman–Crippen MR) is 74.3 cm³/mol. The molecule has 0 spiro atoms. The maximum atomic E-state index is 6.20. The van der Waals surface area contributed by atoms with Crippen molar-refractivity contribution in [2.45, 2.75) is 38.1 Å². The molecule has 94 valence electrons. The minimum absolute atomic E-state index is 0.363. The molecule has 0 bridgehead atoms. The van der Waals surface area contributed by atoms with Crippen molar-refractivity contribution in [3.8, 4) is 5.75 Å². The lowest BCUT2D eigenvalue weighted by Gasteiger charge is -2.29. The first-order valence-corrected chi connectivity index (χ1v) is 7.08. The third kappa shape index (κ3) is 3.23. The molecule has 1 saturated carbocycles. The van der Waals surface area contributed by atoms with Gasteiger partial charge in [-0.15, -0.1) is 0 Å². The molecule has 2 atom stereocenters. The molecule has 0 heterocycles. The Hall–Kier alpha value is -0.540. The van der Waals surface area contributed by atoms with Crippen LogP contribution in [-0.4, -0.2) is 13.2 Å². The Morgan fingerprint density at radius 3 is 2.82 bits per heavy atom. The minimum atomic E-state index is 0.363. The molecule has 2 N–H and O–H groups in total. The molecule has 2 unspecified atom stereocenters. The molecule has 3 heteroatoms. The molecule has 0 aliphatic heterocycles. The van der Waals surface area contributed by atoms with Gasteiger partial charge in [-0.2, -0.15) is 0 Å². The van der Waals surface area contributed by atoms with Crippen molar-refractivity contribution in [2.24, 2.45) is 11.7 Å². The van der Waals surface area contributed by atoms with Crippen LogP contribution in [0, 0.1) is 5.92 Å². The smallest absolute Gasteiger partial charge is 0.119 e. The number of benzene rings is 1. The molecule has 1 aliphatic carbocycles. The Labute approximate surface area is 112 Å². The second kappa shape index (κ2) is 5.87. The van der Waals surface area contributed by atoms with Crippen molar-refractivity contribution in [3.05, 3.63) is 28.2 Å². The lowest BCUT2D eigenvalue weighted by atomic mass is 9.81. The number of hydrogen-bond acceptors (Lipinski definition) is 2. The van der Waals surface area contributed by atoms with Gasteiger partial charge in [0.05, 0.1) is 7.11 Å². The average Bonchev–Trinajstić information content (AvgIpc) is 2.35. The molecule has 0 aromatic heterocycles. The van der Waals surface area contributed by atoms with E-state index in [2.05, 4.69) is 28.1 Å². The molecule has 1 aromatic carbocycles. The van der Waals surface area contributed by atoms with Crippen molar-refractivity contribution >= 4 is 15.9 Å². The van der Waals surface area contributed by atoms with Crippen LogP contribution in [0.25, 0.3) is 0 Å². The molecule has 2 rings (SSSR count). The summed E-state index contributed by atoms with van der Waals surface area (Å²) in [6.45, 7) is 0. The highest BCUT2D eigenvalue weighted by molar-refractivity contribution is 9.10. The third-order valence-electron chi connectivity index (χ3n) is 3.70. The van der Waals surface area contributed by atoms with Gasteiger partial charge in [0.15, 0.2) is 0 Å². The van der Waals surface area contributed by atoms with Gasteiger partial charge in [-0.05, 0) is 48.9 Å². The third-order valence-corrected chi connectivity index (χ3v) is 4.48. The fourth-order valence-corrected chi connectivity index (χ4v) is 3.02. The van der Waals surface area contributed by atoms with E-state index in [1.807, 2.05) is 6.07 Å². The van der Waals surface area contributed by atoms with Gasteiger partial charge in [0.2, 0.25) is 0 Å². The number of methoxy groups -OCH3 is 1. The summed E-state index contributed by atoms with van der Waals surface area (Å²) in [6.07, 6.45) is 6.09. The zero-order valence-corrected chi connectivity index (χ0v) is 11.9. The van der Waals surface area contributed by atoms with Gasteiger partial charge in [0.25, 0.3) is 0 Å². The molecule has 2 nitrogen and oxygen atoms in total. The number of rotatable bonds is 3. The van der Waals surface area contributed by atoms with E-state index < -0.39 is 0 Å². The summed E-state index contributed by atoms with van der Waals surface area (Å²) in [7, 11) is 1.71. The molecule has 0 radical (unpaired) electrons. The van der Waals surface area contributed by atoms with Crippen LogP contribution in [0.3, 0.4) is 0 Å². The van der Waals surface area contributed by atoms with E-state index in [1.54, 1.807) is 7.11 Å². The van der Waals surface area contributed by atoms with Crippen molar-refractivity contribution < 1.29 is 4.74 Å². The summed E-state index contributed by atoms with van der Waals surface area (Å²) >= 11 is 3.61. The highest BCUT2D eigenvalue weighted by atomic mass is 79.9. The van der Waals surface area contributed by atoms with Gasteiger partial charge < -0.3 is 10.5 Å². The number of nitrogens with two attached hydrogens (primary N) is 1. The van der Waals surface area contributed by atoms with Crippen molar-refractivity contribution in [2.75, 3.05) is 7.11 Å². The highest BCUT2D eigenvalue weighted by Crippen LogP contribution is 2.30. The van der Waals surface area contributed by atoms with E-state index >= 15 is 0 Å². The van der Waals surface area contributed by atoms with Crippen LogP contribution in [0.4, 0.5) is 0 Å². The largest absolute Gasteiger partial charge is 0.497 e. The SMILES string of the molecule is COc1ccc(Br)c(CC2CCCCC2N)c1. The fraction of sp³-hybridized carbons (Fsp3) is 0.571. The monoisotopic (exact) mass is 297 g/mol. The van der Waals surface area contributed by atoms with Gasteiger partial charge in [-0.3, -0.25) is 0 Å². The zero-order valence-electron chi connectivity index (χ0n) is 10.3. The lowest BCUT2D eigenvalue weighted by molar-refractivity contribution is 0.305. The molecule has 1 aliphatic rings. The topological polar surface area (TPSA) is 35.2 Å². The Morgan fingerprint density at radius 2 is 2.12 bits per heavy atom. The summed E-state index contributed by atoms with van der Waals surface area (Å²) in [5.41, 5.74) is 7.51. The molecule has 0 saturated heterocycles. The zero-order chi connectivity index (χ0) is 12.3. The molecular formula is C14H20BrNO. The molecular weight excluding hydrogens is 278 g/mol. The lowest BCUT2D eigenvalue weighted by Crippen LogP contribution is -2.34. The predicted octanol–water partition coefficient (Wildman–Crippen LogP) is 3.52. The van der Waals surface area contributed by atoms with E-state index in [0.29, 0.717) is 12.0 Å². The van der Waals surface area contributed by atoms with Crippen LogP contribution >= 0.6 is 15.9 Å². The van der Waals surface area contributed by atoms with E-state index in [1.165, 1.54) is 31.2 Å². The van der Waals surface area contributed by atoms with E-state index in [9.17, 15) is 0 Å². The van der Waals surface area contributed by atoms with Crippen LogP contribution in [0.1, 0.15) is 31.2 Å². The maximum absolute atomic E-state index is 6.20. The van der Waals surface area contributed by atoms with Crippen LogP contribution < -0.4 is 10.5 Å². The molecule has 17 heavy (non-hydrogen) atoms.